The summed E-state index contributed by atoms with van der Waals surface area (Å²) in [5, 5.41) is 6.77. The summed E-state index contributed by atoms with van der Waals surface area (Å²) in [5.41, 5.74) is 9.14. The third-order valence-corrected chi connectivity index (χ3v) is 3.31. The van der Waals surface area contributed by atoms with E-state index in [1.807, 2.05) is 56.3 Å². The van der Waals surface area contributed by atoms with Crippen molar-refractivity contribution in [2.24, 2.45) is 10.8 Å². The van der Waals surface area contributed by atoms with Gasteiger partial charge in [0, 0.05) is 11.6 Å². The zero-order valence-electron chi connectivity index (χ0n) is 15.1. The van der Waals surface area contributed by atoms with E-state index in [0.717, 1.165) is 11.3 Å². The molecule has 0 aromatic heterocycles. The molecule has 142 valence electrons. The molecule has 0 saturated heterocycles. The molecule has 0 heterocycles. The number of nitrogens with one attached hydrogen (secondary N) is 2. The van der Waals surface area contributed by atoms with Gasteiger partial charge in [-0.1, -0.05) is 18.2 Å². The number of nitrogens with two attached hydrogens (primary N) is 1. The average molecular weight is 386 g/mol. The van der Waals surface area contributed by atoms with Gasteiger partial charge in [0.15, 0.2) is 5.11 Å². The van der Waals surface area contributed by atoms with Gasteiger partial charge >= 0.3 is 6.09 Å². The summed E-state index contributed by atoms with van der Waals surface area (Å²) < 4.78 is 11.0. The Hall–Kier alpha value is -3.13. The lowest BCUT2D eigenvalue weighted by atomic mass is 10.1. The van der Waals surface area contributed by atoms with Gasteiger partial charge in [-0.2, -0.15) is 5.10 Å². The number of carbonyl (C=O) groups is 1. The van der Waals surface area contributed by atoms with Gasteiger partial charge in [0.2, 0.25) is 0 Å². The van der Waals surface area contributed by atoms with Crippen molar-refractivity contribution >= 4 is 29.1 Å². The Morgan fingerprint density at radius 3 is 2.33 bits per heavy atom. The molecule has 8 heteroatoms. The highest BCUT2D eigenvalue weighted by molar-refractivity contribution is 7.80. The Labute approximate surface area is 163 Å². The lowest BCUT2D eigenvalue weighted by Gasteiger charge is -2.12. The first-order valence-electron chi connectivity index (χ1n) is 8.32. The van der Waals surface area contributed by atoms with Gasteiger partial charge in [-0.05, 0) is 62.5 Å². The van der Waals surface area contributed by atoms with Gasteiger partial charge in [-0.15, -0.1) is 0 Å². The minimum atomic E-state index is -0.531. The molecule has 0 aliphatic carbocycles. The van der Waals surface area contributed by atoms with E-state index in [1.165, 1.54) is 0 Å². The van der Waals surface area contributed by atoms with Crippen LogP contribution >= 0.6 is 12.2 Å². The van der Waals surface area contributed by atoms with Crippen LogP contribution < -0.4 is 21.2 Å². The Balaban J connectivity index is 2.08. The Bertz CT molecular complexity index is 792. The van der Waals surface area contributed by atoms with Crippen molar-refractivity contribution in [3.8, 4) is 11.5 Å². The summed E-state index contributed by atoms with van der Waals surface area (Å²) in [7, 11) is 0. The number of rotatable bonds is 7. The van der Waals surface area contributed by atoms with E-state index in [2.05, 4.69) is 15.8 Å². The van der Waals surface area contributed by atoms with Crippen LogP contribution in [0.25, 0.3) is 0 Å². The molecule has 0 aliphatic rings. The second-order valence-electron chi connectivity index (χ2n) is 5.85. The zero-order valence-corrected chi connectivity index (χ0v) is 16.0. The maximum absolute atomic E-state index is 11.7. The van der Waals surface area contributed by atoms with E-state index in [0.29, 0.717) is 11.5 Å². The van der Waals surface area contributed by atoms with E-state index < -0.39 is 6.09 Å². The fourth-order valence-electron chi connectivity index (χ4n) is 2.05. The lowest BCUT2D eigenvalue weighted by molar-refractivity contribution is 0.159. The predicted octanol–water partition coefficient (Wildman–Crippen LogP) is 3.15. The van der Waals surface area contributed by atoms with Crippen LogP contribution in [0, 0.1) is 0 Å². The number of hydrogen-bond donors (Lipinski definition) is 3. The van der Waals surface area contributed by atoms with Crippen molar-refractivity contribution in [1.82, 2.24) is 10.7 Å². The zero-order chi connectivity index (χ0) is 19.6. The Kier molecular flexibility index (Phi) is 7.57. The van der Waals surface area contributed by atoms with Crippen molar-refractivity contribution in [2.45, 2.75) is 19.9 Å². The summed E-state index contributed by atoms with van der Waals surface area (Å²) in [4.78, 5) is 11.7. The van der Waals surface area contributed by atoms with Crippen molar-refractivity contribution in [1.29, 1.82) is 0 Å². The fourth-order valence-corrected chi connectivity index (χ4v) is 2.10. The van der Waals surface area contributed by atoms with Gasteiger partial charge in [-0.25, -0.2) is 4.79 Å². The number of ether oxygens (including phenoxy) is 2. The molecule has 0 unspecified atom stereocenters. The molecular weight excluding hydrogens is 364 g/mol. The predicted molar refractivity (Wildman–Crippen MR) is 109 cm³/mol. The summed E-state index contributed by atoms with van der Waals surface area (Å²) in [6, 6.07) is 16.6. The number of hydrogen-bond acceptors (Lipinski definition) is 5. The molecule has 0 radical (unpaired) electrons. The average Bonchev–Trinajstić information content (AvgIpc) is 2.63. The summed E-state index contributed by atoms with van der Waals surface area (Å²) in [5.74, 6) is 1.41. The highest BCUT2D eigenvalue weighted by atomic mass is 32.1. The van der Waals surface area contributed by atoms with Gasteiger partial charge in [0.1, 0.15) is 23.8 Å². The first-order chi connectivity index (χ1) is 12.9. The van der Waals surface area contributed by atoms with Crippen molar-refractivity contribution in [3.63, 3.8) is 0 Å². The number of para-hydroxylation sites is 1. The number of alkyl carbamates (subject to hydrolysis) is 1. The number of benzene rings is 2. The Morgan fingerprint density at radius 1 is 1.11 bits per heavy atom. The molecule has 2 aromatic carbocycles. The quantitative estimate of drug-likeness (QED) is 0.384. The molecule has 0 bridgehead atoms. The number of nitrogens with zero attached hydrogens (tertiary/aromatic N) is 1. The molecule has 2 rings (SSSR count). The molecule has 0 atom stereocenters. The minimum Gasteiger partial charge on any atom is -0.457 e. The molecular formula is C19H22N4O3S. The molecule has 2 aromatic rings. The maximum Gasteiger partial charge on any atom is 0.407 e. The molecule has 4 N–H and O–H groups in total. The third-order valence-electron chi connectivity index (χ3n) is 3.21. The third kappa shape index (κ3) is 7.33. The molecule has 0 aliphatic heterocycles. The van der Waals surface area contributed by atoms with Crippen molar-refractivity contribution < 1.29 is 14.3 Å². The van der Waals surface area contributed by atoms with Crippen molar-refractivity contribution in [2.75, 3.05) is 6.61 Å². The number of hydrazone groups is 1. The van der Waals surface area contributed by atoms with E-state index in [1.54, 1.807) is 12.1 Å². The van der Waals surface area contributed by atoms with Gasteiger partial charge in [0.05, 0.1) is 0 Å². The van der Waals surface area contributed by atoms with Gasteiger partial charge in [0.25, 0.3) is 0 Å². The smallest absolute Gasteiger partial charge is 0.407 e. The first kappa shape index (κ1) is 20.2. The fraction of sp³-hybridized carbons (Fsp3) is 0.211. The maximum atomic E-state index is 11.7. The van der Waals surface area contributed by atoms with Crippen LogP contribution in [0.15, 0.2) is 59.7 Å². The van der Waals surface area contributed by atoms with Crippen LogP contribution in [0.5, 0.6) is 11.5 Å². The second-order valence-corrected chi connectivity index (χ2v) is 6.29. The normalized spacial score (nSPS) is 11.0. The monoisotopic (exact) mass is 386 g/mol. The van der Waals surface area contributed by atoms with Crippen LogP contribution in [0.4, 0.5) is 4.79 Å². The molecule has 0 saturated carbocycles. The van der Waals surface area contributed by atoms with E-state index in [-0.39, 0.29) is 17.8 Å². The van der Waals surface area contributed by atoms with Gasteiger partial charge in [-0.3, -0.25) is 5.43 Å². The Morgan fingerprint density at radius 2 is 1.74 bits per heavy atom. The van der Waals surface area contributed by atoms with E-state index in [9.17, 15) is 4.79 Å². The first-order valence-corrected chi connectivity index (χ1v) is 8.73. The lowest BCUT2D eigenvalue weighted by Crippen LogP contribution is -2.33. The van der Waals surface area contributed by atoms with Crippen LogP contribution in [-0.2, 0) is 4.74 Å². The van der Waals surface area contributed by atoms with Gasteiger partial charge < -0.3 is 20.5 Å². The number of amides is 1. The SMILES string of the molecule is CC(C)NC(=O)OC/C(=N\NC(N)=S)c1ccc(Oc2ccccc2)cc1. The molecule has 0 fully saturated rings. The summed E-state index contributed by atoms with van der Waals surface area (Å²) in [6.07, 6.45) is -0.531. The van der Waals surface area contributed by atoms with Crippen LogP contribution in [0.1, 0.15) is 19.4 Å². The molecule has 27 heavy (non-hydrogen) atoms. The van der Waals surface area contributed by atoms with Crippen LogP contribution in [-0.4, -0.2) is 29.6 Å². The van der Waals surface area contributed by atoms with Crippen molar-refractivity contribution in [3.05, 3.63) is 60.2 Å². The van der Waals surface area contributed by atoms with E-state index >= 15 is 0 Å². The number of carbonyl (C=O) groups excluding carboxylic acids is 1. The second kappa shape index (κ2) is 10.1. The standard InChI is InChI=1S/C19H22N4O3S/c1-13(2)21-19(24)25-12-17(22-23-18(20)27)14-8-10-16(11-9-14)26-15-6-4-3-5-7-15/h3-11,13H,12H2,1-2H3,(H,21,24)(H3,20,23,27)/b22-17+. The summed E-state index contributed by atoms with van der Waals surface area (Å²) in [6.45, 7) is 3.64. The molecule has 1 amide bonds. The topological polar surface area (TPSA) is 98.0 Å². The number of thiocarbonyl (C=S) groups is 1. The molecule has 0 spiro atoms. The highest BCUT2D eigenvalue weighted by Gasteiger charge is 2.10. The van der Waals surface area contributed by atoms with Crippen LogP contribution in [0.2, 0.25) is 0 Å². The molecule has 7 nitrogen and oxygen atoms in total. The highest BCUT2D eigenvalue weighted by Crippen LogP contribution is 2.21. The van der Waals surface area contributed by atoms with E-state index in [4.69, 9.17) is 27.4 Å². The minimum absolute atomic E-state index is 0.0168. The summed E-state index contributed by atoms with van der Waals surface area (Å²) >= 11 is 4.77. The van der Waals surface area contributed by atoms with Crippen LogP contribution in [0.3, 0.4) is 0 Å². The largest absolute Gasteiger partial charge is 0.457 e.